The Morgan fingerprint density at radius 1 is 1.00 bits per heavy atom. The molecule has 0 aliphatic heterocycles. The van der Waals surface area contributed by atoms with E-state index in [0.717, 1.165) is 0 Å². The summed E-state index contributed by atoms with van der Waals surface area (Å²) in [6, 6.07) is 12.1. The maximum absolute atomic E-state index is 12.3. The third-order valence-electron chi connectivity index (χ3n) is 3.22. The van der Waals surface area contributed by atoms with Crippen LogP contribution in [-0.2, 0) is 0 Å². The molecule has 0 heterocycles. The lowest BCUT2D eigenvalue weighted by Crippen LogP contribution is -2.40. The van der Waals surface area contributed by atoms with Gasteiger partial charge < -0.3 is 10.6 Å². The van der Waals surface area contributed by atoms with Gasteiger partial charge in [-0.25, -0.2) is 0 Å². The molecule has 0 aliphatic carbocycles. The van der Waals surface area contributed by atoms with Gasteiger partial charge in [0.15, 0.2) is 0 Å². The summed E-state index contributed by atoms with van der Waals surface area (Å²) >= 11 is 0. The summed E-state index contributed by atoms with van der Waals surface area (Å²) in [6.45, 7) is 5.60. The molecule has 2 N–H and O–H groups in total. The van der Waals surface area contributed by atoms with Gasteiger partial charge >= 0.3 is 0 Å². The molecule has 0 aromatic heterocycles. The smallest absolute Gasteiger partial charge is 0.282 e. The number of rotatable bonds is 4. The molecule has 2 aromatic carbocycles. The van der Waals surface area contributed by atoms with Crippen molar-refractivity contribution in [2.45, 2.75) is 26.3 Å². The normalized spacial score (nSPS) is 10.8. The van der Waals surface area contributed by atoms with E-state index in [1.54, 1.807) is 24.3 Å². The molecular weight excluding hydrogens is 322 g/mol. The molecule has 0 aliphatic rings. The van der Waals surface area contributed by atoms with Gasteiger partial charge in [-0.15, -0.1) is 0 Å². The van der Waals surface area contributed by atoms with Crippen LogP contribution in [0.3, 0.4) is 0 Å². The Balaban J connectivity index is 2.21. The molecule has 0 unspecified atom stereocenters. The quantitative estimate of drug-likeness (QED) is 0.657. The number of nitrogens with one attached hydrogen (secondary N) is 2. The van der Waals surface area contributed by atoms with Crippen LogP contribution in [0, 0.1) is 10.1 Å². The second kappa shape index (κ2) is 7.12. The Labute approximate surface area is 145 Å². The van der Waals surface area contributed by atoms with Crippen molar-refractivity contribution in [3.8, 4) is 0 Å². The van der Waals surface area contributed by atoms with Crippen molar-refractivity contribution in [1.29, 1.82) is 0 Å². The molecule has 0 fully saturated rings. The van der Waals surface area contributed by atoms with Crippen LogP contribution in [0.15, 0.2) is 48.5 Å². The molecule has 7 heteroatoms. The third kappa shape index (κ3) is 4.87. The van der Waals surface area contributed by atoms with Crippen molar-refractivity contribution in [2.24, 2.45) is 0 Å². The Hall–Kier alpha value is -3.22. The lowest BCUT2D eigenvalue weighted by molar-refractivity contribution is -0.385. The highest BCUT2D eigenvalue weighted by molar-refractivity contribution is 6.07. The van der Waals surface area contributed by atoms with Gasteiger partial charge in [-0.05, 0) is 45.0 Å². The van der Waals surface area contributed by atoms with Crippen LogP contribution in [0.5, 0.6) is 0 Å². The molecule has 0 radical (unpaired) electrons. The molecule has 2 amide bonds. The van der Waals surface area contributed by atoms with E-state index in [1.807, 2.05) is 20.8 Å². The van der Waals surface area contributed by atoms with Crippen LogP contribution in [-0.4, -0.2) is 22.3 Å². The fourth-order valence-corrected chi connectivity index (χ4v) is 2.17. The number of hydrogen-bond donors (Lipinski definition) is 2. The minimum Gasteiger partial charge on any atom is -0.347 e. The molecule has 0 spiro atoms. The van der Waals surface area contributed by atoms with Crippen LogP contribution in [0.4, 0.5) is 11.4 Å². The van der Waals surface area contributed by atoms with Gasteiger partial charge in [0.1, 0.15) is 5.56 Å². The van der Waals surface area contributed by atoms with Crippen molar-refractivity contribution < 1.29 is 14.5 Å². The summed E-state index contributed by atoms with van der Waals surface area (Å²) in [5.74, 6) is -0.880. The van der Waals surface area contributed by atoms with Gasteiger partial charge in [0, 0.05) is 22.9 Å². The fourth-order valence-electron chi connectivity index (χ4n) is 2.17. The Morgan fingerprint density at radius 3 is 2.32 bits per heavy atom. The van der Waals surface area contributed by atoms with Crippen LogP contribution >= 0.6 is 0 Å². The lowest BCUT2D eigenvalue weighted by Gasteiger charge is -2.20. The van der Waals surface area contributed by atoms with Crippen LogP contribution < -0.4 is 10.6 Å². The van der Waals surface area contributed by atoms with Gasteiger partial charge in [-0.3, -0.25) is 19.7 Å². The molecule has 0 bridgehead atoms. The van der Waals surface area contributed by atoms with Crippen LogP contribution in [0.2, 0.25) is 0 Å². The Kier molecular flexibility index (Phi) is 5.17. The number of amides is 2. The third-order valence-corrected chi connectivity index (χ3v) is 3.22. The van der Waals surface area contributed by atoms with E-state index in [-0.39, 0.29) is 22.7 Å². The van der Waals surface area contributed by atoms with Crippen molar-refractivity contribution in [3.05, 3.63) is 69.8 Å². The number of benzene rings is 2. The first-order chi connectivity index (χ1) is 11.7. The van der Waals surface area contributed by atoms with Crippen molar-refractivity contribution in [3.63, 3.8) is 0 Å². The molecule has 0 atom stereocenters. The molecule has 0 saturated heterocycles. The predicted octanol–water partition coefficient (Wildman–Crippen LogP) is 3.38. The number of carbonyl (C=O) groups excluding carboxylic acids is 2. The summed E-state index contributed by atoms with van der Waals surface area (Å²) < 4.78 is 0. The minimum atomic E-state index is -0.610. The highest BCUT2D eigenvalue weighted by atomic mass is 16.6. The summed E-state index contributed by atoms with van der Waals surface area (Å²) in [4.78, 5) is 35.0. The summed E-state index contributed by atoms with van der Waals surface area (Å²) in [7, 11) is 0. The molecular formula is C18H19N3O4. The van der Waals surface area contributed by atoms with Crippen molar-refractivity contribution in [2.75, 3.05) is 5.32 Å². The molecule has 2 rings (SSSR count). The topological polar surface area (TPSA) is 101 Å². The van der Waals surface area contributed by atoms with E-state index in [1.165, 1.54) is 24.3 Å². The number of carbonyl (C=O) groups is 2. The zero-order valence-corrected chi connectivity index (χ0v) is 14.2. The van der Waals surface area contributed by atoms with Crippen molar-refractivity contribution >= 4 is 23.2 Å². The van der Waals surface area contributed by atoms with E-state index in [9.17, 15) is 19.7 Å². The van der Waals surface area contributed by atoms with Gasteiger partial charge in [0.2, 0.25) is 0 Å². The van der Waals surface area contributed by atoms with Crippen LogP contribution in [0.25, 0.3) is 0 Å². The highest BCUT2D eigenvalue weighted by Gasteiger charge is 2.20. The van der Waals surface area contributed by atoms with Gasteiger partial charge in [0.05, 0.1) is 4.92 Å². The average molecular weight is 341 g/mol. The fraction of sp³-hybridized carbons (Fsp3) is 0.222. The first-order valence-electron chi connectivity index (χ1n) is 7.65. The summed E-state index contributed by atoms with van der Waals surface area (Å²) in [5, 5.41) is 16.4. The van der Waals surface area contributed by atoms with Gasteiger partial charge in [-0.2, -0.15) is 0 Å². The summed E-state index contributed by atoms with van der Waals surface area (Å²) in [6.07, 6.45) is 0. The van der Waals surface area contributed by atoms with E-state index in [4.69, 9.17) is 0 Å². The number of nitro benzene ring substituents is 1. The molecule has 0 saturated carbocycles. The molecule has 130 valence electrons. The first-order valence-corrected chi connectivity index (χ1v) is 7.65. The van der Waals surface area contributed by atoms with E-state index >= 15 is 0 Å². The highest BCUT2D eigenvalue weighted by Crippen LogP contribution is 2.20. The number of nitrogens with zero attached hydrogens (tertiary/aromatic N) is 1. The lowest BCUT2D eigenvalue weighted by atomic mass is 10.1. The van der Waals surface area contributed by atoms with E-state index < -0.39 is 10.8 Å². The van der Waals surface area contributed by atoms with E-state index in [2.05, 4.69) is 10.6 Å². The number of nitro groups is 1. The number of hydrogen-bond acceptors (Lipinski definition) is 4. The molecule has 25 heavy (non-hydrogen) atoms. The average Bonchev–Trinajstić information content (AvgIpc) is 2.53. The molecule has 2 aromatic rings. The van der Waals surface area contributed by atoms with Crippen molar-refractivity contribution in [1.82, 2.24) is 5.32 Å². The Morgan fingerprint density at radius 2 is 1.68 bits per heavy atom. The first kappa shape index (κ1) is 18.1. The zero-order valence-electron chi connectivity index (χ0n) is 14.2. The van der Waals surface area contributed by atoms with E-state index in [0.29, 0.717) is 11.3 Å². The summed E-state index contributed by atoms with van der Waals surface area (Å²) in [5.41, 5.74) is 0.0553. The SMILES string of the molecule is CC(C)(C)NC(=O)c1cccc(NC(=O)c2ccccc2[N+](=O)[O-])c1. The van der Waals surface area contributed by atoms with Gasteiger partial charge in [-0.1, -0.05) is 18.2 Å². The predicted molar refractivity (Wildman–Crippen MR) is 94.7 cm³/mol. The van der Waals surface area contributed by atoms with Gasteiger partial charge in [0.25, 0.3) is 17.5 Å². The second-order valence-corrected chi connectivity index (χ2v) is 6.51. The Bertz CT molecular complexity index is 825. The van der Waals surface area contributed by atoms with Crippen LogP contribution in [0.1, 0.15) is 41.5 Å². The monoisotopic (exact) mass is 341 g/mol. The maximum atomic E-state index is 12.3. The minimum absolute atomic E-state index is 0.0444. The zero-order chi connectivity index (χ0) is 18.6. The largest absolute Gasteiger partial charge is 0.347 e. The standard InChI is InChI=1S/C18H19N3O4/c1-18(2,3)20-16(22)12-7-6-8-13(11-12)19-17(23)14-9-4-5-10-15(14)21(24)25/h4-11H,1-3H3,(H,19,23)(H,20,22). The maximum Gasteiger partial charge on any atom is 0.282 e. The second-order valence-electron chi connectivity index (χ2n) is 6.51. The molecule has 7 nitrogen and oxygen atoms in total. The number of para-hydroxylation sites is 1. The number of anilines is 1.